The Balaban J connectivity index is 1.96. The lowest BCUT2D eigenvalue weighted by Crippen LogP contribution is -2.40. The first-order chi connectivity index (χ1) is 9.58. The molecule has 1 aliphatic heterocycles. The van der Waals surface area contributed by atoms with E-state index in [0.717, 1.165) is 31.3 Å². The van der Waals surface area contributed by atoms with Gasteiger partial charge in [-0.3, -0.25) is 9.98 Å². The lowest BCUT2D eigenvalue weighted by atomic mass is 9.87. The van der Waals surface area contributed by atoms with Gasteiger partial charge in [-0.1, -0.05) is 19.9 Å². The zero-order chi connectivity index (χ0) is 14.6. The summed E-state index contributed by atoms with van der Waals surface area (Å²) in [6.45, 7) is 9.64. The zero-order valence-corrected chi connectivity index (χ0v) is 13.1. The maximum Gasteiger partial charge on any atom is 0.193 e. The van der Waals surface area contributed by atoms with Crippen molar-refractivity contribution in [2.75, 3.05) is 20.1 Å². The van der Waals surface area contributed by atoms with Crippen LogP contribution in [0.5, 0.6) is 0 Å². The van der Waals surface area contributed by atoms with Crippen LogP contribution >= 0.6 is 0 Å². The zero-order valence-electron chi connectivity index (χ0n) is 13.1. The summed E-state index contributed by atoms with van der Waals surface area (Å²) in [5.74, 6) is 0.993. The summed E-state index contributed by atoms with van der Waals surface area (Å²) in [4.78, 5) is 11.2. The van der Waals surface area contributed by atoms with E-state index in [1.807, 2.05) is 19.3 Å². The second-order valence-electron chi connectivity index (χ2n) is 6.00. The fourth-order valence-electron chi connectivity index (χ4n) is 2.69. The van der Waals surface area contributed by atoms with E-state index in [1.54, 1.807) is 0 Å². The number of aromatic nitrogens is 1. The van der Waals surface area contributed by atoms with Gasteiger partial charge in [0.05, 0.1) is 12.2 Å². The summed E-state index contributed by atoms with van der Waals surface area (Å²) in [5.41, 5.74) is 2.74. The number of guanidine groups is 1. The van der Waals surface area contributed by atoms with Crippen molar-refractivity contribution in [1.29, 1.82) is 0 Å². The van der Waals surface area contributed by atoms with Crippen LogP contribution in [0.3, 0.4) is 0 Å². The molecule has 2 heterocycles. The molecule has 4 heteroatoms. The molecule has 0 spiro atoms. The van der Waals surface area contributed by atoms with Crippen molar-refractivity contribution in [1.82, 2.24) is 15.2 Å². The molecule has 1 aliphatic rings. The van der Waals surface area contributed by atoms with Crippen LogP contribution in [0.4, 0.5) is 0 Å². The molecule has 1 unspecified atom stereocenters. The standard InChI is InChI=1S/C16H26N4/c1-5-16(3)8-10-20(12-16)15(17-4)19-11-14-13(2)7-6-9-18-14/h6-7,9H,5,8,10-12H2,1-4H3,(H,17,19). The summed E-state index contributed by atoms with van der Waals surface area (Å²) >= 11 is 0. The van der Waals surface area contributed by atoms with E-state index in [0.29, 0.717) is 5.41 Å². The minimum Gasteiger partial charge on any atom is -0.351 e. The van der Waals surface area contributed by atoms with Crippen LogP contribution < -0.4 is 5.32 Å². The highest BCUT2D eigenvalue weighted by atomic mass is 15.3. The maximum atomic E-state index is 4.42. The highest BCUT2D eigenvalue weighted by Crippen LogP contribution is 2.32. The van der Waals surface area contributed by atoms with Crippen LogP contribution in [0.2, 0.25) is 0 Å². The van der Waals surface area contributed by atoms with Crippen molar-refractivity contribution >= 4 is 5.96 Å². The first-order valence-electron chi connectivity index (χ1n) is 7.44. The lowest BCUT2D eigenvalue weighted by molar-refractivity contribution is 0.322. The van der Waals surface area contributed by atoms with Crippen molar-refractivity contribution in [3.8, 4) is 0 Å². The molecule has 4 nitrogen and oxygen atoms in total. The van der Waals surface area contributed by atoms with Crippen LogP contribution in [0.1, 0.15) is 37.9 Å². The fourth-order valence-corrected chi connectivity index (χ4v) is 2.69. The Bertz CT molecular complexity index is 483. The highest BCUT2D eigenvalue weighted by Gasteiger charge is 2.33. The van der Waals surface area contributed by atoms with Crippen molar-refractivity contribution in [3.05, 3.63) is 29.6 Å². The molecule has 1 aromatic rings. The first kappa shape index (κ1) is 14.8. The van der Waals surface area contributed by atoms with Gasteiger partial charge >= 0.3 is 0 Å². The molecule has 20 heavy (non-hydrogen) atoms. The van der Waals surface area contributed by atoms with Gasteiger partial charge in [0, 0.05) is 26.3 Å². The molecule has 1 fully saturated rings. The van der Waals surface area contributed by atoms with Gasteiger partial charge in [-0.15, -0.1) is 0 Å². The number of likely N-dealkylation sites (tertiary alicyclic amines) is 1. The van der Waals surface area contributed by atoms with Crippen molar-refractivity contribution in [2.45, 2.75) is 40.2 Å². The topological polar surface area (TPSA) is 40.5 Å². The number of nitrogens with zero attached hydrogens (tertiary/aromatic N) is 3. The van der Waals surface area contributed by atoms with Gasteiger partial charge in [0.2, 0.25) is 0 Å². The SMILES string of the molecule is CCC1(C)CCN(C(=NC)NCc2ncccc2C)C1. The molecule has 110 valence electrons. The third kappa shape index (κ3) is 3.30. The third-order valence-corrected chi connectivity index (χ3v) is 4.45. The largest absolute Gasteiger partial charge is 0.351 e. The molecule has 0 aliphatic carbocycles. The molecule has 1 saturated heterocycles. The number of hydrogen-bond acceptors (Lipinski definition) is 2. The third-order valence-electron chi connectivity index (χ3n) is 4.45. The van der Waals surface area contributed by atoms with Gasteiger partial charge in [-0.2, -0.15) is 0 Å². The van der Waals surface area contributed by atoms with Gasteiger partial charge in [-0.05, 0) is 36.8 Å². The second kappa shape index (κ2) is 6.25. The Hall–Kier alpha value is -1.58. The predicted molar refractivity (Wildman–Crippen MR) is 83.8 cm³/mol. The maximum absolute atomic E-state index is 4.42. The molecule has 1 N–H and O–H groups in total. The smallest absolute Gasteiger partial charge is 0.193 e. The minimum absolute atomic E-state index is 0.429. The van der Waals surface area contributed by atoms with E-state index < -0.39 is 0 Å². The molecule has 0 saturated carbocycles. The van der Waals surface area contributed by atoms with Crippen LogP contribution in [-0.2, 0) is 6.54 Å². The monoisotopic (exact) mass is 274 g/mol. The minimum atomic E-state index is 0.429. The molecule has 0 bridgehead atoms. The second-order valence-corrected chi connectivity index (χ2v) is 6.00. The lowest BCUT2D eigenvalue weighted by Gasteiger charge is -2.25. The normalized spacial score (nSPS) is 23.2. The summed E-state index contributed by atoms with van der Waals surface area (Å²) in [7, 11) is 1.86. The fraction of sp³-hybridized carbons (Fsp3) is 0.625. The highest BCUT2D eigenvalue weighted by molar-refractivity contribution is 5.80. The molecule has 1 aromatic heterocycles. The average molecular weight is 274 g/mol. The predicted octanol–water partition coefficient (Wildman–Crippen LogP) is 2.59. The number of nitrogens with one attached hydrogen (secondary N) is 1. The van der Waals surface area contributed by atoms with Crippen LogP contribution in [-0.4, -0.2) is 36.0 Å². The van der Waals surface area contributed by atoms with Gasteiger partial charge in [0.25, 0.3) is 0 Å². The summed E-state index contributed by atoms with van der Waals surface area (Å²) in [5, 5.41) is 3.44. The Morgan fingerprint density at radius 3 is 2.95 bits per heavy atom. The van der Waals surface area contributed by atoms with E-state index in [9.17, 15) is 0 Å². The number of hydrogen-bond donors (Lipinski definition) is 1. The molecule has 2 rings (SSSR count). The van der Waals surface area contributed by atoms with Gasteiger partial charge < -0.3 is 10.2 Å². The summed E-state index contributed by atoms with van der Waals surface area (Å²) in [6, 6.07) is 4.07. The quantitative estimate of drug-likeness (QED) is 0.680. The van der Waals surface area contributed by atoms with Gasteiger partial charge in [-0.25, -0.2) is 0 Å². The van der Waals surface area contributed by atoms with Crippen molar-refractivity contribution in [2.24, 2.45) is 10.4 Å². The molecular formula is C16H26N4. The Morgan fingerprint density at radius 1 is 1.55 bits per heavy atom. The first-order valence-corrected chi connectivity index (χ1v) is 7.44. The van der Waals surface area contributed by atoms with E-state index >= 15 is 0 Å². The summed E-state index contributed by atoms with van der Waals surface area (Å²) < 4.78 is 0. The van der Waals surface area contributed by atoms with Crippen molar-refractivity contribution < 1.29 is 0 Å². The molecule has 0 amide bonds. The Morgan fingerprint density at radius 2 is 2.35 bits per heavy atom. The van der Waals surface area contributed by atoms with E-state index in [2.05, 4.69) is 47.0 Å². The van der Waals surface area contributed by atoms with Crippen LogP contribution in [0.15, 0.2) is 23.3 Å². The van der Waals surface area contributed by atoms with Crippen molar-refractivity contribution in [3.63, 3.8) is 0 Å². The van der Waals surface area contributed by atoms with Crippen LogP contribution in [0, 0.1) is 12.3 Å². The Kier molecular flexibility index (Phi) is 4.63. The summed E-state index contributed by atoms with van der Waals surface area (Å²) in [6.07, 6.45) is 4.31. The van der Waals surface area contributed by atoms with Gasteiger partial charge in [0.1, 0.15) is 0 Å². The van der Waals surface area contributed by atoms with E-state index in [4.69, 9.17) is 0 Å². The number of pyridine rings is 1. The molecule has 1 atom stereocenters. The molecule has 0 aromatic carbocycles. The van der Waals surface area contributed by atoms with Gasteiger partial charge in [0.15, 0.2) is 5.96 Å². The Labute approximate surface area is 122 Å². The average Bonchev–Trinajstić information content (AvgIpc) is 2.85. The van der Waals surface area contributed by atoms with E-state index in [1.165, 1.54) is 18.4 Å². The molecular weight excluding hydrogens is 248 g/mol. The molecule has 0 radical (unpaired) electrons. The number of aryl methyl sites for hydroxylation is 1. The van der Waals surface area contributed by atoms with E-state index in [-0.39, 0.29) is 0 Å². The van der Waals surface area contributed by atoms with Crippen LogP contribution in [0.25, 0.3) is 0 Å². The number of rotatable bonds is 3. The number of aliphatic imine (C=N–C) groups is 1.